The van der Waals surface area contributed by atoms with Crippen LogP contribution in [0.3, 0.4) is 0 Å². The standard InChI is InChI=1S/C16H20N2O3/c1-10-4-3-5-11(8-10)15-17-16(21-18-15)12-6-7-14(20-2)13(19)9-12/h6-7,9-11,19H,3-5,8H2,1-2H3. The molecule has 1 aromatic carbocycles. The zero-order valence-corrected chi connectivity index (χ0v) is 12.4. The summed E-state index contributed by atoms with van der Waals surface area (Å²) in [6.45, 7) is 2.27. The van der Waals surface area contributed by atoms with Gasteiger partial charge in [0.15, 0.2) is 17.3 Å². The maximum absolute atomic E-state index is 9.83. The van der Waals surface area contributed by atoms with Gasteiger partial charge >= 0.3 is 0 Å². The van der Waals surface area contributed by atoms with Crippen LogP contribution in [0.25, 0.3) is 11.5 Å². The lowest BCUT2D eigenvalue weighted by molar-refractivity contribution is 0.324. The Bertz CT molecular complexity index is 624. The van der Waals surface area contributed by atoms with Crippen molar-refractivity contribution >= 4 is 0 Å². The van der Waals surface area contributed by atoms with E-state index in [2.05, 4.69) is 17.1 Å². The lowest BCUT2D eigenvalue weighted by atomic mass is 9.82. The number of ether oxygens (including phenoxy) is 1. The molecule has 5 heteroatoms. The molecule has 0 spiro atoms. The van der Waals surface area contributed by atoms with Crippen molar-refractivity contribution in [3.05, 3.63) is 24.0 Å². The molecule has 2 unspecified atom stereocenters. The quantitative estimate of drug-likeness (QED) is 0.931. The fourth-order valence-electron chi connectivity index (χ4n) is 3.01. The van der Waals surface area contributed by atoms with Gasteiger partial charge in [0.1, 0.15) is 0 Å². The average Bonchev–Trinajstić information content (AvgIpc) is 2.97. The number of aromatic hydroxyl groups is 1. The number of rotatable bonds is 3. The zero-order chi connectivity index (χ0) is 14.8. The van der Waals surface area contributed by atoms with Crippen molar-refractivity contribution in [1.82, 2.24) is 10.1 Å². The van der Waals surface area contributed by atoms with Gasteiger partial charge in [0.05, 0.1) is 7.11 Å². The number of nitrogens with zero attached hydrogens (tertiary/aromatic N) is 2. The van der Waals surface area contributed by atoms with Crippen molar-refractivity contribution in [2.75, 3.05) is 7.11 Å². The largest absolute Gasteiger partial charge is 0.504 e. The van der Waals surface area contributed by atoms with E-state index < -0.39 is 0 Å². The second kappa shape index (κ2) is 5.76. The van der Waals surface area contributed by atoms with Crippen LogP contribution in [0.5, 0.6) is 11.5 Å². The van der Waals surface area contributed by atoms with E-state index in [0.29, 0.717) is 23.1 Å². The van der Waals surface area contributed by atoms with Crippen LogP contribution in [0.15, 0.2) is 22.7 Å². The molecule has 1 aliphatic carbocycles. The van der Waals surface area contributed by atoms with E-state index in [9.17, 15) is 5.11 Å². The zero-order valence-electron chi connectivity index (χ0n) is 12.4. The molecule has 0 amide bonds. The lowest BCUT2D eigenvalue weighted by Gasteiger charge is -2.23. The minimum absolute atomic E-state index is 0.0704. The van der Waals surface area contributed by atoms with E-state index in [1.807, 2.05) is 0 Å². The van der Waals surface area contributed by atoms with Gasteiger partial charge < -0.3 is 14.4 Å². The second-order valence-electron chi connectivity index (χ2n) is 5.81. The third-order valence-corrected chi connectivity index (χ3v) is 4.17. The van der Waals surface area contributed by atoms with Crippen LogP contribution in [0, 0.1) is 5.92 Å². The topological polar surface area (TPSA) is 68.4 Å². The Morgan fingerprint density at radius 2 is 2.19 bits per heavy atom. The Hall–Kier alpha value is -2.04. The third kappa shape index (κ3) is 2.86. The van der Waals surface area contributed by atoms with Crippen LogP contribution in [-0.2, 0) is 0 Å². The fourth-order valence-corrected chi connectivity index (χ4v) is 3.01. The van der Waals surface area contributed by atoms with E-state index in [1.54, 1.807) is 18.2 Å². The first-order valence-corrected chi connectivity index (χ1v) is 7.38. The van der Waals surface area contributed by atoms with Crippen molar-refractivity contribution in [2.45, 2.75) is 38.5 Å². The molecule has 2 atom stereocenters. The minimum atomic E-state index is 0.0704. The van der Waals surface area contributed by atoms with Crippen LogP contribution in [-0.4, -0.2) is 22.4 Å². The first kappa shape index (κ1) is 13.9. The van der Waals surface area contributed by atoms with Crippen LogP contribution in [0.4, 0.5) is 0 Å². The fraction of sp³-hybridized carbons (Fsp3) is 0.500. The molecule has 1 aromatic heterocycles. The minimum Gasteiger partial charge on any atom is -0.504 e. The molecule has 0 bridgehead atoms. The maximum atomic E-state index is 9.83. The number of methoxy groups -OCH3 is 1. The van der Waals surface area contributed by atoms with Gasteiger partial charge in [-0.2, -0.15) is 4.98 Å². The van der Waals surface area contributed by atoms with E-state index in [4.69, 9.17) is 9.26 Å². The van der Waals surface area contributed by atoms with Crippen LogP contribution in [0.1, 0.15) is 44.3 Å². The van der Waals surface area contributed by atoms with E-state index >= 15 is 0 Å². The second-order valence-corrected chi connectivity index (χ2v) is 5.81. The van der Waals surface area contributed by atoms with Crippen LogP contribution in [0.2, 0.25) is 0 Å². The molecule has 1 heterocycles. The molecule has 0 aliphatic heterocycles. The highest BCUT2D eigenvalue weighted by Gasteiger charge is 2.25. The number of hydrogen-bond donors (Lipinski definition) is 1. The van der Waals surface area contributed by atoms with E-state index in [1.165, 1.54) is 20.0 Å². The van der Waals surface area contributed by atoms with E-state index in [-0.39, 0.29) is 5.75 Å². The SMILES string of the molecule is COc1ccc(-c2nc(C3CCCC(C)C3)no2)cc1O. The van der Waals surface area contributed by atoms with Crippen molar-refractivity contribution in [3.8, 4) is 23.0 Å². The highest BCUT2D eigenvalue weighted by Crippen LogP contribution is 2.36. The normalized spacial score (nSPS) is 22.2. The lowest BCUT2D eigenvalue weighted by Crippen LogP contribution is -2.12. The van der Waals surface area contributed by atoms with Gasteiger partial charge in [-0.3, -0.25) is 0 Å². The Balaban J connectivity index is 1.82. The summed E-state index contributed by atoms with van der Waals surface area (Å²) in [6.07, 6.45) is 4.75. The molecule has 1 aliphatic rings. The molecule has 3 rings (SSSR count). The molecule has 1 N–H and O–H groups in total. The van der Waals surface area contributed by atoms with Gasteiger partial charge in [-0.25, -0.2) is 0 Å². The first-order chi connectivity index (χ1) is 10.2. The highest BCUT2D eigenvalue weighted by molar-refractivity contribution is 5.59. The summed E-state index contributed by atoms with van der Waals surface area (Å²) in [7, 11) is 1.52. The van der Waals surface area contributed by atoms with Crippen molar-refractivity contribution in [1.29, 1.82) is 0 Å². The van der Waals surface area contributed by atoms with Gasteiger partial charge in [0, 0.05) is 11.5 Å². The summed E-state index contributed by atoms with van der Waals surface area (Å²) in [5.41, 5.74) is 0.705. The predicted octanol–water partition coefficient (Wildman–Crippen LogP) is 3.74. The summed E-state index contributed by atoms with van der Waals surface area (Å²) in [5.74, 6) is 2.84. The molecule has 21 heavy (non-hydrogen) atoms. The molecule has 2 aromatic rings. The third-order valence-electron chi connectivity index (χ3n) is 4.17. The molecule has 0 saturated heterocycles. The smallest absolute Gasteiger partial charge is 0.258 e. The molecular formula is C16H20N2O3. The van der Waals surface area contributed by atoms with Crippen LogP contribution < -0.4 is 4.74 Å². The number of aromatic nitrogens is 2. The van der Waals surface area contributed by atoms with E-state index in [0.717, 1.165) is 24.6 Å². The predicted molar refractivity (Wildman–Crippen MR) is 78.3 cm³/mol. The Morgan fingerprint density at radius 3 is 2.90 bits per heavy atom. The molecule has 112 valence electrons. The molecule has 1 saturated carbocycles. The Morgan fingerprint density at radius 1 is 1.33 bits per heavy atom. The molecule has 1 fully saturated rings. The number of phenols is 1. The maximum Gasteiger partial charge on any atom is 0.258 e. The summed E-state index contributed by atoms with van der Waals surface area (Å²) in [6, 6.07) is 5.08. The molecule has 0 radical (unpaired) electrons. The van der Waals surface area contributed by atoms with Crippen molar-refractivity contribution in [2.24, 2.45) is 5.92 Å². The Labute approximate surface area is 123 Å². The van der Waals surface area contributed by atoms with Crippen molar-refractivity contribution in [3.63, 3.8) is 0 Å². The van der Waals surface area contributed by atoms with Gasteiger partial charge in [-0.15, -0.1) is 0 Å². The summed E-state index contributed by atoms with van der Waals surface area (Å²) in [5, 5.41) is 14.0. The first-order valence-electron chi connectivity index (χ1n) is 7.38. The summed E-state index contributed by atoms with van der Waals surface area (Å²) in [4.78, 5) is 4.51. The average molecular weight is 288 g/mol. The number of benzene rings is 1. The van der Waals surface area contributed by atoms with Gasteiger partial charge in [0.2, 0.25) is 0 Å². The van der Waals surface area contributed by atoms with Crippen molar-refractivity contribution < 1.29 is 14.4 Å². The monoisotopic (exact) mass is 288 g/mol. The number of phenolic OH excluding ortho intramolecular Hbond substituents is 1. The Kier molecular flexibility index (Phi) is 3.82. The van der Waals surface area contributed by atoms with Gasteiger partial charge in [0.25, 0.3) is 5.89 Å². The summed E-state index contributed by atoms with van der Waals surface area (Å²) < 4.78 is 10.4. The van der Waals surface area contributed by atoms with Gasteiger partial charge in [-0.1, -0.05) is 24.9 Å². The molecular weight excluding hydrogens is 268 g/mol. The molecule has 5 nitrogen and oxygen atoms in total. The highest BCUT2D eigenvalue weighted by atomic mass is 16.5. The van der Waals surface area contributed by atoms with Crippen LogP contribution >= 0.6 is 0 Å². The van der Waals surface area contributed by atoms with Gasteiger partial charge in [-0.05, 0) is 37.0 Å². The number of hydrogen-bond acceptors (Lipinski definition) is 5. The summed E-state index contributed by atoms with van der Waals surface area (Å²) >= 11 is 0.